The number of hydrogen-bond donors (Lipinski definition) is 0. The lowest BCUT2D eigenvalue weighted by Gasteiger charge is -2.13. The molecular formula is C24H20N2. The number of benzene rings is 3. The Balaban J connectivity index is 2.11. The predicted molar refractivity (Wildman–Crippen MR) is 111 cm³/mol. The predicted octanol–water partition coefficient (Wildman–Crippen LogP) is 6.21. The third-order valence-corrected chi connectivity index (χ3v) is 5.40. The lowest BCUT2D eigenvalue weighted by molar-refractivity contribution is 1.07. The molecule has 0 spiro atoms. The van der Waals surface area contributed by atoms with E-state index in [-0.39, 0.29) is 0 Å². The summed E-state index contributed by atoms with van der Waals surface area (Å²) in [6.45, 7) is 4.36. The van der Waals surface area contributed by atoms with Gasteiger partial charge in [0, 0.05) is 27.7 Å². The van der Waals surface area contributed by atoms with Gasteiger partial charge in [-0.2, -0.15) is 0 Å². The molecule has 5 rings (SSSR count). The highest BCUT2D eigenvalue weighted by atomic mass is 14.7. The first-order valence-corrected chi connectivity index (χ1v) is 9.32. The zero-order valence-electron chi connectivity index (χ0n) is 15.1. The number of hydrogen-bond acceptors (Lipinski definition) is 2. The van der Waals surface area contributed by atoms with E-state index in [0.29, 0.717) is 0 Å². The van der Waals surface area contributed by atoms with E-state index in [4.69, 9.17) is 9.97 Å². The van der Waals surface area contributed by atoms with Crippen LogP contribution in [0.2, 0.25) is 0 Å². The Kier molecular flexibility index (Phi) is 3.39. The smallest absolute Gasteiger partial charge is 0.0715 e. The molecule has 0 aliphatic rings. The molecule has 0 saturated heterocycles. The van der Waals surface area contributed by atoms with Crippen LogP contribution in [0.5, 0.6) is 0 Å². The van der Waals surface area contributed by atoms with Gasteiger partial charge in [0.1, 0.15) is 0 Å². The highest BCUT2D eigenvalue weighted by Crippen LogP contribution is 2.36. The third kappa shape index (κ3) is 2.12. The average Bonchev–Trinajstić information content (AvgIpc) is 2.71. The third-order valence-electron chi connectivity index (χ3n) is 5.40. The second-order valence-corrected chi connectivity index (χ2v) is 6.84. The van der Waals surface area contributed by atoms with Crippen molar-refractivity contribution in [1.82, 2.24) is 9.97 Å². The quantitative estimate of drug-likeness (QED) is 0.358. The van der Waals surface area contributed by atoms with Gasteiger partial charge in [-0.25, -0.2) is 0 Å². The standard InChI is InChI=1S/C24H20N2/c1-3-15-9-11-18-22(13-15)26-20(4-2)19-14-25-21-12-10-16-7-5-6-8-17(16)24(21)23(18)19/h5-14H,3-4H2,1-2H3. The van der Waals surface area contributed by atoms with Crippen molar-refractivity contribution < 1.29 is 0 Å². The molecule has 0 aliphatic heterocycles. The molecule has 3 aromatic carbocycles. The molecule has 0 radical (unpaired) electrons. The maximum Gasteiger partial charge on any atom is 0.0715 e. The molecule has 0 N–H and O–H groups in total. The van der Waals surface area contributed by atoms with E-state index in [9.17, 15) is 0 Å². The van der Waals surface area contributed by atoms with Gasteiger partial charge in [-0.3, -0.25) is 9.97 Å². The molecule has 2 nitrogen and oxygen atoms in total. The highest BCUT2D eigenvalue weighted by Gasteiger charge is 2.13. The fraction of sp³-hybridized carbons (Fsp3) is 0.167. The van der Waals surface area contributed by atoms with Crippen LogP contribution in [-0.4, -0.2) is 9.97 Å². The van der Waals surface area contributed by atoms with E-state index in [2.05, 4.69) is 68.4 Å². The van der Waals surface area contributed by atoms with Crippen LogP contribution >= 0.6 is 0 Å². The molecular weight excluding hydrogens is 316 g/mol. The van der Waals surface area contributed by atoms with Crippen LogP contribution in [0.4, 0.5) is 0 Å². The summed E-state index contributed by atoms with van der Waals surface area (Å²) in [4.78, 5) is 9.75. The molecule has 0 saturated carbocycles. The summed E-state index contributed by atoms with van der Waals surface area (Å²) in [5.41, 5.74) is 4.59. The molecule has 5 aromatic rings. The van der Waals surface area contributed by atoms with Gasteiger partial charge in [-0.05, 0) is 41.3 Å². The van der Waals surface area contributed by atoms with E-state index < -0.39 is 0 Å². The highest BCUT2D eigenvalue weighted by molar-refractivity contribution is 6.26. The maximum atomic E-state index is 4.98. The van der Waals surface area contributed by atoms with Crippen molar-refractivity contribution >= 4 is 43.4 Å². The van der Waals surface area contributed by atoms with Crippen LogP contribution in [0.15, 0.2) is 60.8 Å². The summed E-state index contributed by atoms with van der Waals surface area (Å²) in [6, 6.07) is 19.6. The fourth-order valence-electron chi connectivity index (χ4n) is 4.04. The van der Waals surface area contributed by atoms with Gasteiger partial charge in [-0.15, -0.1) is 0 Å². The summed E-state index contributed by atoms with van der Waals surface area (Å²) in [6.07, 6.45) is 3.93. The zero-order valence-corrected chi connectivity index (χ0v) is 15.1. The Hall–Kier alpha value is -3.00. The number of fused-ring (bicyclic) bond motifs is 7. The fourth-order valence-corrected chi connectivity index (χ4v) is 4.04. The molecule has 2 aromatic heterocycles. The normalized spacial score (nSPS) is 11.8. The largest absolute Gasteiger partial charge is 0.256 e. The lowest BCUT2D eigenvalue weighted by Crippen LogP contribution is -1.95. The number of rotatable bonds is 2. The topological polar surface area (TPSA) is 25.8 Å². The van der Waals surface area contributed by atoms with E-state index >= 15 is 0 Å². The second kappa shape index (κ2) is 5.77. The number of aryl methyl sites for hydroxylation is 2. The van der Waals surface area contributed by atoms with E-state index in [1.165, 1.54) is 37.9 Å². The minimum atomic E-state index is 0.904. The molecule has 26 heavy (non-hydrogen) atoms. The average molecular weight is 336 g/mol. The van der Waals surface area contributed by atoms with Crippen molar-refractivity contribution in [3.05, 3.63) is 72.1 Å². The van der Waals surface area contributed by atoms with Crippen molar-refractivity contribution in [2.75, 3.05) is 0 Å². The molecule has 2 heterocycles. The Morgan fingerprint density at radius 1 is 0.731 bits per heavy atom. The van der Waals surface area contributed by atoms with Crippen LogP contribution in [0.3, 0.4) is 0 Å². The minimum absolute atomic E-state index is 0.904. The summed E-state index contributed by atoms with van der Waals surface area (Å²) in [5.74, 6) is 0. The Bertz CT molecular complexity index is 1300. The van der Waals surface area contributed by atoms with Crippen LogP contribution in [0, 0.1) is 0 Å². The summed E-state index contributed by atoms with van der Waals surface area (Å²) in [5, 5.41) is 7.44. The minimum Gasteiger partial charge on any atom is -0.256 e. The monoisotopic (exact) mass is 336 g/mol. The van der Waals surface area contributed by atoms with Crippen molar-refractivity contribution in [3.8, 4) is 0 Å². The van der Waals surface area contributed by atoms with Crippen LogP contribution in [-0.2, 0) is 12.8 Å². The van der Waals surface area contributed by atoms with Crippen molar-refractivity contribution in [3.63, 3.8) is 0 Å². The molecule has 126 valence electrons. The number of aromatic nitrogens is 2. The first kappa shape index (κ1) is 15.3. The van der Waals surface area contributed by atoms with Crippen molar-refractivity contribution in [2.24, 2.45) is 0 Å². The van der Waals surface area contributed by atoms with Gasteiger partial charge in [-0.1, -0.05) is 56.3 Å². The molecule has 2 heteroatoms. The second-order valence-electron chi connectivity index (χ2n) is 6.84. The SMILES string of the molecule is CCc1ccc2c(c1)nc(CC)c1cnc3ccc4ccccc4c3c12. The van der Waals surface area contributed by atoms with Gasteiger partial charge < -0.3 is 0 Å². The van der Waals surface area contributed by atoms with Gasteiger partial charge >= 0.3 is 0 Å². The van der Waals surface area contributed by atoms with Gasteiger partial charge in [0.25, 0.3) is 0 Å². The lowest BCUT2D eigenvalue weighted by atomic mass is 9.95. The van der Waals surface area contributed by atoms with Crippen LogP contribution < -0.4 is 0 Å². The zero-order chi connectivity index (χ0) is 17.7. The summed E-state index contributed by atoms with van der Waals surface area (Å²) < 4.78 is 0. The van der Waals surface area contributed by atoms with Gasteiger partial charge in [0.05, 0.1) is 16.7 Å². The van der Waals surface area contributed by atoms with E-state index in [0.717, 1.165) is 29.6 Å². The van der Waals surface area contributed by atoms with Gasteiger partial charge in [0.2, 0.25) is 0 Å². The van der Waals surface area contributed by atoms with Crippen molar-refractivity contribution in [2.45, 2.75) is 26.7 Å². The number of pyridine rings is 2. The van der Waals surface area contributed by atoms with Crippen molar-refractivity contribution in [1.29, 1.82) is 0 Å². The Labute approximate surface area is 152 Å². The first-order valence-electron chi connectivity index (χ1n) is 9.32. The van der Waals surface area contributed by atoms with Gasteiger partial charge in [0.15, 0.2) is 0 Å². The molecule has 0 aliphatic carbocycles. The molecule has 0 unspecified atom stereocenters. The maximum absolute atomic E-state index is 4.98. The van der Waals surface area contributed by atoms with E-state index in [1.54, 1.807) is 0 Å². The molecule has 0 bridgehead atoms. The number of nitrogens with zero attached hydrogens (tertiary/aromatic N) is 2. The first-order chi connectivity index (χ1) is 12.8. The van der Waals surface area contributed by atoms with Crippen LogP contribution in [0.1, 0.15) is 25.1 Å². The van der Waals surface area contributed by atoms with Crippen LogP contribution in [0.25, 0.3) is 43.4 Å². The van der Waals surface area contributed by atoms with E-state index in [1.807, 2.05) is 6.20 Å². The molecule has 0 atom stereocenters. The summed E-state index contributed by atoms with van der Waals surface area (Å²) >= 11 is 0. The Morgan fingerprint density at radius 2 is 1.62 bits per heavy atom. The summed E-state index contributed by atoms with van der Waals surface area (Å²) in [7, 11) is 0. The molecule has 0 amide bonds. The Morgan fingerprint density at radius 3 is 2.46 bits per heavy atom. The molecule has 0 fully saturated rings.